The summed E-state index contributed by atoms with van der Waals surface area (Å²) in [7, 11) is 0. The van der Waals surface area contributed by atoms with Crippen LogP contribution in [0.4, 0.5) is 0 Å². The van der Waals surface area contributed by atoms with Crippen molar-refractivity contribution in [2.24, 2.45) is 0 Å². The minimum atomic E-state index is -0.286. The van der Waals surface area contributed by atoms with Gasteiger partial charge in [0, 0.05) is 11.7 Å². The molecule has 0 atom stereocenters. The Bertz CT molecular complexity index is 646. The molecular formula is C13H16Cl2N4O. The second-order valence-corrected chi connectivity index (χ2v) is 6.25. The number of hydrogen-bond donors (Lipinski definition) is 1. The molecule has 0 saturated carbocycles. The minimum absolute atomic E-state index is 0.111. The van der Waals surface area contributed by atoms with Crippen LogP contribution in [0.5, 0.6) is 0 Å². The predicted molar refractivity (Wildman–Crippen MR) is 80.0 cm³/mol. The van der Waals surface area contributed by atoms with E-state index in [-0.39, 0.29) is 23.9 Å². The molecule has 0 aliphatic rings. The van der Waals surface area contributed by atoms with Gasteiger partial charge in [0.15, 0.2) is 5.65 Å². The zero-order valence-electron chi connectivity index (χ0n) is 11.6. The number of hydrogen-bond acceptors (Lipinski definition) is 3. The lowest BCUT2D eigenvalue weighted by Crippen LogP contribution is -2.42. The molecule has 2 heterocycles. The Hall–Kier alpha value is -1.33. The molecule has 2 rings (SSSR count). The second-order valence-electron chi connectivity index (χ2n) is 5.54. The fourth-order valence-electron chi connectivity index (χ4n) is 1.90. The number of alkyl halides is 1. The summed E-state index contributed by atoms with van der Waals surface area (Å²) in [5, 5.41) is 3.40. The summed E-state index contributed by atoms with van der Waals surface area (Å²) in [6, 6.07) is 1.71. The van der Waals surface area contributed by atoms with Gasteiger partial charge in [0.1, 0.15) is 17.9 Å². The molecule has 0 saturated heterocycles. The predicted octanol–water partition coefficient (Wildman–Crippen LogP) is 2.74. The molecule has 0 aliphatic carbocycles. The quantitative estimate of drug-likeness (QED) is 0.886. The number of nitrogens with one attached hydrogen (secondary N) is 1. The average molecular weight is 315 g/mol. The molecular weight excluding hydrogens is 299 g/mol. The molecule has 0 aromatic carbocycles. The maximum atomic E-state index is 12.0. The highest BCUT2D eigenvalue weighted by molar-refractivity contribution is 6.31. The van der Waals surface area contributed by atoms with Gasteiger partial charge in [-0.25, -0.2) is 9.97 Å². The lowest BCUT2D eigenvalue weighted by Gasteiger charge is -2.21. The zero-order valence-corrected chi connectivity index (χ0v) is 13.1. The largest absolute Gasteiger partial charge is 0.350 e. The van der Waals surface area contributed by atoms with Crippen molar-refractivity contribution < 1.29 is 4.79 Å². The fourth-order valence-corrected chi connectivity index (χ4v) is 2.26. The Morgan fingerprint density at radius 1 is 1.45 bits per heavy atom. The van der Waals surface area contributed by atoms with Gasteiger partial charge in [-0.15, -0.1) is 11.6 Å². The number of rotatable bonds is 3. The molecule has 0 spiro atoms. The third-order valence-electron chi connectivity index (χ3n) is 2.57. The van der Waals surface area contributed by atoms with Crippen molar-refractivity contribution in [3.63, 3.8) is 0 Å². The first kappa shape index (κ1) is 15.1. The van der Waals surface area contributed by atoms with E-state index in [1.165, 1.54) is 6.20 Å². The summed E-state index contributed by atoms with van der Waals surface area (Å²) in [5.74, 6) is 0.692. The maximum Gasteiger partial charge on any atom is 0.240 e. The third-order valence-corrected chi connectivity index (χ3v) is 3.01. The van der Waals surface area contributed by atoms with Crippen molar-refractivity contribution in [2.45, 2.75) is 38.7 Å². The van der Waals surface area contributed by atoms with Gasteiger partial charge in [-0.1, -0.05) is 11.6 Å². The highest BCUT2D eigenvalue weighted by atomic mass is 35.5. The highest BCUT2D eigenvalue weighted by Crippen LogP contribution is 2.19. The van der Waals surface area contributed by atoms with Gasteiger partial charge in [-0.05, 0) is 26.8 Å². The van der Waals surface area contributed by atoms with Crippen LogP contribution in [0, 0.1) is 0 Å². The normalized spacial score (nSPS) is 11.8. The Morgan fingerprint density at radius 2 is 2.15 bits per heavy atom. The van der Waals surface area contributed by atoms with E-state index < -0.39 is 0 Å². The number of pyridine rings is 1. The van der Waals surface area contributed by atoms with Gasteiger partial charge >= 0.3 is 0 Å². The average Bonchev–Trinajstić information content (AvgIpc) is 2.64. The summed E-state index contributed by atoms with van der Waals surface area (Å²) in [4.78, 5) is 20.6. The van der Waals surface area contributed by atoms with Crippen molar-refractivity contribution >= 4 is 40.3 Å². The number of imidazole rings is 1. The third kappa shape index (κ3) is 3.41. The standard InChI is InChI=1S/C13H16Cl2N4O/c1-13(2,3)18-11(20)7-19-10(5-14)17-9-4-8(15)6-16-12(9)19/h4,6H,5,7H2,1-3H3,(H,18,20). The highest BCUT2D eigenvalue weighted by Gasteiger charge is 2.18. The second kappa shape index (κ2) is 5.58. The first-order chi connectivity index (χ1) is 9.30. The molecule has 20 heavy (non-hydrogen) atoms. The summed E-state index contributed by atoms with van der Waals surface area (Å²) in [6.07, 6.45) is 1.53. The SMILES string of the molecule is CC(C)(C)NC(=O)Cn1c(CCl)nc2cc(Cl)cnc21. The molecule has 108 valence electrons. The lowest BCUT2D eigenvalue weighted by atomic mass is 10.1. The van der Waals surface area contributed by atoms with Gasteiger partial charge in [0.25, 0.3) is 0 Å². The van der Waals surface area contributed by atoms with Crippen molar-refractivity contribution in [2.75, 3.05) is 0 Å². The molecule has 2 aromatic heterocycles. The van der Waals surface area contributed by atoms with E-state index in [1.54, 1.807) is 10.6 Å². The Labute approximate surface area is 127 Å². The van der Waals surface area contributed by atoms with E-state index >= 15 is 0 Å². The molecule has 0 radical (unpaired) electrons. The molecule has 1 N–H and O–H groups in total. The summed E-state index contributed by atoms with van der Waals surface area (Å²) < 4.78 is 1.71. The molecule has 0 aliphatic heterocycles. The first-order valence-electron chi connectivity index (χ1n) is 6.18. The van der Waals surface area contributed by atoms with Gasteiger partial charge in [0.05, 0.1) is 10.9 Å². The zero-order chi connectivity index (χ0) is 14.9. The van der Waals surface area contributed by atoms with Gasteiger partial charge in [-0.2, -0.15) is 0 Å². The molecule has 5 nitrogen and oxygen atoms in total. The number of aromatic nitrogens is 3. The van der Waals surface area contributed by atoms with Crippen molar-refractivity contribution in [3.8, 4) is 0 Å². The van der Waals surface area contributed by atoms with E-state index in [4.69, 9.17) is 23.2 Å². The van der Waals surface area contributed by atoms with E-state index in [1.807, 2.05) is 20.8 Å². The van der Waals surface area contributed by atoms with Crippen LogP contribution in [0.1, 0.15) is 26.6 Å². The van der Waals surface area contributed by atoms with Crippen LogP contribution < -0.4 is 5.32 Å². The minimum Gasteiger partial charge on any atom is -0.350 e. The van der Waals surface area contributed by atoms with Crippen molar-refractivity contribution in [3.05, 3.63) is 23.1 Å². The number of carbonyl (C=O) groups excluding carboxylic acids is 1. The van der Waals surface area contributed by atoms with Crippen LogP contribution >= 0.6 is 23.2 Å². The van der Waals surface area contributed by atoms with Gasteiger partial charge in [-0.3, -0.25) is 4.79 Å². The van der Waals surface area contributed by atoms with Crippen molar-refractivity contribution in [1.82, 2.24) is 19.9 Å². The Kier molecular flexibility index (Phi) is 4.20. The monoisotopic (exact) mass is 314 g/mol. The number of halogens is 2. The van der Waals surface area contributed by atoms with Gasteiger partial charge in [0.2, 0.25) is 5.91 Å². The van der Waals surface area contributed by atoms with Crippen LogP contribution in [0.15, 0.2) is 12.3 Å². The smallest absolute Gasteiger partial charge is 0.240 e. The Balaban J connectivity index is 2.35. The van der Waals surface area contributed by atoms with E-state index in [9.17, 15) is 4.79 Å². The van der Waals surface area contributed by atoms with Crippen molar-refractivity contribution in [1.29, 1.82) is 0 Å². The van der Waals surface area contributed by atoms with Gasteiger partial charge < -0.3 is 9.88 Å². The van der Waals surface area contributed by atoms with E-state index in [0.29, 0.717) is 22.0 Å². The Morgan fingerprint density at radius 3 is 2.75 bits per heavy atom. The maximum absolute atomic E-state index is 12.0. The summed E-state index contributed by atoms with van der Waals surface area (Å²) >= 11 is 11.8. The van der Waals surface area contributed by atoms with Crippen LogP contribution in [0.2, 0.25) is 5.02 Å². The topological polar surface area (TPSA) is 59.8 Å². The molecule has 1 amide bonds. The number of carbonyl (C=O) groups is 1. The molecule has 2 aromatic rings. The van der Waals surface area contributed by atoms with Crippen LogP contribution in [0.25, 0.3) is 11.2 Å². The molecule has 0 unspecified atom stereocenters. The summed E-state index contributed by atoms with van der Waals surface area (Å²) in [5.41, 5.74) is 0.955. The molecule has 0 bridgehead atoms. The molecule has 7 heteroatoms. The first-order valence-corrected chi connectivity index (χ1v) is 7.09. The molecule has 0 fully saturated rings. The van der Waals surface area contributed by atoms with E-state index in [2.05, 4.69) is 15.3 Å². The van der Waals surface area contributed by atoms with E-state index in [0.717, 1.165) is 0 Å². The summed E-state index contributed by atoms with van der Waals surface area (Å²) in [6.45, 7) is 5.91. The van der Waals surface area contributed by atoms with Crippen LogP contribution in [-0.2, 0) is 17.2 Å². The van der Waals surface area contributed by atoms with Crippen LogP contribution in [0.3, 0.4) is 0 Å². The lowest BCUT2D eigenvalue weighted by molar-refractivity contribution is -0.123. The van der Waals surface area contributed by atoms with Crippen LogP contribution in [-0.4, -0.2) is 26.0 Å². The number of amides is 1. The fraction of sp³-hybridized carbons (Fsp3) is 0.462. The number of fused-ring (bicyclic) bond motifs is 1. The number of nitrogens with zero attached hydrogens (tertiary/aromatic N) is 3.